The van der Waals surface area contributed by atoms with Gasteiger partial charge >= 0.3 is 11.9 Å². The first-order valence-corrected chi connectivity index (χ1v) is 15.4. The first-order valence-electron chi connectivity index (χ1n) is 13.8. The number of carboxylic acids is 1. The lowest BCUT2D eigenvalue weighted by atomic mass is 9.95. The number of esters is 1. The Balaban J connectivity index is 1.51. The van der Waals surface area contributed by atoms with Gasteiger partial charge in [-0.1, -0.05) is 51.5 Å². The Bertz CT molecular complexity index is 1980. The van der Waals surface area contributed by atoms with Crippen molar-refractivity contribution in [1.29, 1.82) is 0 Å². The van der Waals surface area contributed by atoms with Gasteiger partial charge in [0.1, 0.15) is 12.4 Å². The van der Waals surface area contributed by atoms with Crippen LogP contribution in [-0.4, -0.2) is 42.4 Å². The van der Waals surface area contributed by atoms with E-state index in [1.54, 1.807) is 56.3 Å². The van der Waals surface area contributed by atoms with E-state index in [1.807, 2.05) is 12.1 Å². The number of carbonyl (C=O) groups is 2. The quantitative estimate of drug-likeness (QED) is 0.234. The molecule has 3 aromatic carbocycles. The van der Waals surface area contributed by atoms with Gasteiger partial charge in [0, 0.05) is 4.47 Å². The number of halogens is 1. The van der Waals surface area contributed by atoms with Crippen LogP contribution in [0.5, 0.6) is 17.2 Å². The lowest BCUT2D eigenvalue weighted by Crippen LogP contribution is -2.40. The van der Waals surface area contributed by atoms with Gasteiger partial charge in [-0.15, -0.1) is 0 Å². The number of hydrogen-bond donors (Lipinski definition) is 1. The highest BCUT2D eigenvalue weighted by molar-refractivity contribution is 9.10. The number of benzene rings is 3. The molecule has 45 heavy (non-hydrogen) atoms. The van der Waals surface area contributed by atoms with Gasteiger partial charge in [-0.05, 0) is 73.0 Å². The molecule has 1 aliphatic heterocycles. The summed E-state index contributed by atoms with van der Waals surface area (Å²) in [7, 11) is 3.05. The minimum absolute atomic E-state index is 0.163. The van der Waals surface area contributed by atoms with E-state index in [4.69, 9.17) is 24.1 Å². The molecule has 0 aliphatic carbocycles. The molecule has 0 amide bonds. The Labute approximate surface area is 270 Å². The minimum Gasteiger partial charge on any atom is -0.493 e. The first kappa shape index (κ1) is 31.7. The fourth-order valence-electron chi connectivity index (χ4n) is 4.89. The van der Waals surface area contributed by atoms with Crippen LogP contribution in [0.4, 0.5) is 0 Å². The van der Waals surface area contributed by atoms with Crippen LogP contribution in [-0.2, 0) is 16.1 Å². The summed E-state index contributed by atoms with van der Waals surface area (Å²) in [5, 5.41) is 9.07. The van der Waals surface area contributed by atoms with Gasteiger partial charge in [0.2, 0.25) is 0 Å². The SMILES string of the molecule is CCOC(=O)C1=C(C)N=c2s/c(=C/c3ccc(OCc4ccc(C(=O)O)cc4)cc3)c(=O)n2[C@@H]1c1cc(OC)c(OC)cc1Br. The number of rotatable bonds is 10. The third-order valence-corrected chi connectivity index (χ3v) is 8.77. The molecule has 0 fully saturated rings. The van der Waals surface area contributed by atoms with Crippen molar-refractivity contribution in [3.05, 3.63) is 118 Å². The second-order valence-electron chi connectivity index (χ2n) is 9.89. The number of aromatic carboxylic acids is 1. The summed E-state index contributed by atoms with van der Waals surface area (Å²) < 4.78 is 24.8. The van der Waals surface area contributed by atoms with Crippen molar-refractivity contribution in [1.82, 2.24) is 4.57 Å². The van der Waals surface area contributed by atoms with E-state index >= 15 is 0 Å². The van der Waals surface area contributed by atoms with Crippen LogP contribution in [0.25, 0.3) is 6.08 Å². The number of aromatic nitrogens is 1. The molecule has 1 aromatic heterocycles. The molecule has 5 rings (SSSR count). The van der Waals surface area contributed by atoms with Crippen molar-refractivity contribution in [2.45, 2.75) is 26.5 Å². The van der Waals surface area contributed by atoms with Crippen LogP contribution in [0.3, 0.4) is 0 Å². The van der Waals surface area contributed by atoms with Crippen LogP contribution in [0.1, 0.15) is 46.9 Å². The molecule has 1 aliphatic rings. The van der Waals surface area contributed by atoms with Crippen LogP contribution in [0.15, 0.2) is 86.2 Å². The Kier molecular flexibility index (Phi) is 9.54. The zero-order chi connectivity index (χ0) is 32.2. The largest absolute Gasteiger partial charge is 0.493 e. The Morgan fingerprint density at radius 3 is 2.33 bits per heavy atom. The van der Waals surface area contributed by atoms with Gasteiger partial charge in [0.15, 0.2) is 16.3 Å². The summed E-state index contributed by atoms with van der Waals surface area (Å²) in [5.74, 6) is -0.000769. The maximum Gasteiger partial charge on any atom is 0.338 e. The predicted molar refractivity (Wildman–Crippen MR) is 172 cm³/mol. The van der Waals surface area contributed by atoms with Gasteiger partial charge in [0.25, 0.3) is 5.56 Å². The predicted octanol–water partition coefficient (Wildman–Crippen LogP) is 4.86. The van der Waals surface area contributed by atoms with Crippen LogP contribution in [0.2, 0.25) is 0 Å². The van der Waals surface area contributed by atoms with E-state index in [1.165, 1.54) is 42.3 Å². The normalized spacial score (nSPS) is 14.4. The summed E-state index contributed by atoms with van der Waals surface area (Å²) in [4.78, 5) is 43.4. The molecule has 4 aromatic rings. The molecule has 1 atom stereocenters. The topological polar surface area (TPSA) is 126 Å². The molecule has 0 saturated carbocycles. The number of methoxy groups -OCH3 is 2. The monoisotopic (exact) mass is 692 g/mol. The summed E-state index contributed by atoms with van der Waals surface area (Å²) in [6.07, 6.45) is 1.77. The van der Waals surface area contributed by atoms with E-state index < -0.39 is 18.0 Å². The molecule has 2 heterocycles. The number of allylic oxidation sites excluding steroid dienone is 1. The highest BCUT2D eigenvalue weighted by Crippen LogP contribution is 2.40. The number of fused-ring (bicyclic) bond motifs is 1. The molecule has 1 N–H and O–H groups in total. The second kappa shape index (κ2) is 13.5. The smallest absolute Gasteiger partial charge is 0.338 e. The van der Waals surface area contributed by atoms with Gasteiger partial charge in [-0.2, -0.15) is 0 Å². The molecular formula is C33H29BrN2O8S. The Morgan fingerprint density at radius 1 is 1.04 bits per heavy atom. The zero-order valence-corrected chi connectivity index (χ0v) is 27.2. The van der Waals surface area contributed by atoms with Crippen LogP contribution >= 0.6 is 27.3 Å². The van der Waals surface area contributed by atoms with Gasteiger partial charge in [0.05, 0.1) is 48.2 Å². The van der Waals surface area contributed by atoms with Crippen molar-refractivity contribution < 1.29 is 33.6 Å². The van der Waals surface area contributed by atoms with E-state index in [0.717, 1.165) is 11.1 Å². The van der Waals surface area contributed by atoms with Gasteiger partial charge in [-0.25, -0.2) is 14.6 Å². The minimum atomic E-state index is -0.982. The van der Waals surface area contributed by atoms with E-state index in [9.17, 15) is 14.4 Å². The maximum absolute atomic E-state index is 14.0. The maximum atomic E-state index is 14.0. The average molecular weight is 694 g/mol. The lowest BCUT2D eigenvalue weighted by molar-refractivity contribution is -0.139. The highest BCUT2D eigenvalue weighted by atomic mass is 79.9. The summed E-state index contributed by atoms with van der Waals surface area (Å²) in [6.45, 7) is 3.88. The molecule has 0 bridgehead atoms. The van der Waals surface area contributed by atoms with Gasteiger partial charge < -0.3 is 24.1 Å². The Hall–Kier alpha value is -4.68. The van der Waals surface area contributed by atoms with Crippen LogP contribution in [0, 0.1) is 0 Å². The fourth-order valence-corrected chi connectivity index (χ4v) is 6.47. The third-order valence-electron chi connectivity index (χ3n) is 7.10. The molecule has 0 radical (unpaired) electrons. The summed E-state index contributed by atoms with van der Waals surface area (Å²) in [6, 6.07) is 16.4. The van der Waals surface area contributed by atoms with Crippen molar-refractivity contribution >= 4 is 45.3 Å². The van der Waals surface area contributed by atoms with Gasteiger partial charge in [-0.3, -0.25) is 9.36 Å². The number of thiazole rings is 1. The van der Waals surface area contributed by atoms with E-state index in [0.29, 0.717) is 42.3 Å². The lowest BCUT2D eigenvalue weighted by Gasteiger charge is -2.26. The zero-order valence-electron chi connectivity index (χ0n) is 24.8. The standard InChI is InChI=1S/C33H29BrN2O8S/c1-5-43-32(40)28-18(2)35-33-36(29(28)23-15-25(41-3)26(42-4)16-24(23)34)30(37)27(45-33)14-19-8-12-22(13-9-19)44-17-20-6-10-21(11-7-20)31(38)39/h6-16,29H,5,17H2,1-4H3,(H,38,39)/b27-14+/t29-/m1/s1. The molecule has 12 heteroatoms. The van der Waals surface area contributed by atoms with Crippen LogP contribution < -0.4 is 29.1 Å². The molecule has 0 unspecified atom stereocenters. The van der Waals surface area contributed by atoms with E-state index in [2.05, 4.69) is 20.9 Å². The number of nitrogens with zero attached hydrogens (tertiary/aromatic N) is 2. The summed E-state index contributed by atoms with van der Waals surface area (Å²) >= 11 is 4.83. The number of ether oxygens (including phenoxy) is 4. The molecule has 0 saturated heterocycles. The molecule has 232 valence electrons. The number of carboxylic acid groups (broad SMARTS) is 1. The van der Waals surface area contributed by atoms with Crippen molar-refractivity contribution in [2.75, 3.05) is 20.8 Å². The third kappa shape index (κ3) is 6.57. The number of hydrogen-bond acceptors (Lipinski definition) is 9. The highest BCUT2D eigenvalue weighted by Gasteiger charge is 2.35. The van der Waals surface area contributed by atoms with E-state index in [-0.39, 0.29) is 29.9 Å². The molecular weight excluding hydrogens is 664 g/mol. The fraction of sp³-hybridized carbons (Fsp3) is 0.212. The Morgan fingerprint density at radius 2 is 1.71 bits per heavy atom. The first-order chi connectivity index (χ1) is 21.6. The molecule has 10 nitrogen and oxygen atoms in total. The number of carbonyl (C=O) groups excluding carboxylic acids is 1. The summed E-state index contributed by atoms with van der Waals surface area (Å²) in [5.41, 5.74) is 2.81. The van der Waals surface area contributed by atoms with Crippen molar-refractivity contribution in [2.24, 2.45) is 4.99 Å². The average Bonchev–Trinajstić information content (AvgIpc) is 3.33. The van der Waals surface area contributed by atoms with Crippen molar-refractivity contribution in [3.8, 4) is 17.2 Å². The van der Waals surface area contributed by atoms with Crippen molar-refractivity contribution in [3.63, 3.8) is 0 Å². The second-order valence-corrected chi connectivity index (χ2v) is 11.8. The molecule has 0 spiro atoms.